The fourth-order valence-corrected chi connectivity index (χ4v) is 1.14. The number of nitrogens with two attached hydrogens (primary N) is 1. The molecule has 0 radical (unpaired) electrons. The molecule has 0 aliphatic rings. The highest BCUT2D eigenvalue weighted by Crippen LogP contribution is 2.12. The summed E-state index contributed by atoms with van der Waals surface area (Å²) in [5.74, 6) is 2.53. The van der Waals surface area contributed by atoms with E-state index in [4.69, 9.17) is 12.2 Å². The average molecular weight is 160 g/mol. The Balaban J connectivity index is 3.14. The van der Waals surface area contributed by atoms with E-state index in [1.807, 2.05) is 19.9 Å². The summed E-state index contributed by atoms with van der Waals surface area (Å²) in [5, 5.41) is 0. The number of aromatic nitrogens is 1. The van der Waals surface area contributed by atoms with Crippen LogP contribution in [0, 0.1) is 19.3 Å². The molecule has 0 bridgehead atoms. The Morgan fingerprint density at radius 1 is 1.67 bits per heavy atom. The molecule has 2 nitrogen and oxygen atoms in total. The largest absolute Gasteiger partial charge is 0.323 e. The van der Waals surface area contributed by atoms with Crippen molar-refractivity contribution >= 4 is 0 Å². The van der Waals surface area contributed by atoms with E-state index in [0.717, 1.165) is 16.8 Å². The van der Waals surface area contributed by atoms with E-state index in [-0.39, 0.29) is 6.04 Å². The molecule has 0 aliphatic carbocycles. The van der Waals surface area contributed by atoms with Crippen LogP contribution in [0.2, 0.25) is 0 Å². The molecular weight excluding hydrogens is 148 g/mol. The SMILES string of the molecule is C#Cc1cnc([C@@H](C)N)c(C)c1. The van der Waals surface area contributed by atoms with Gasteiger partial charge in [-0.3, -0.25) is 4.98 Å². The Morgan fingerprint density at radius 3 is 2.75 bits per heavy atom. The number of hydrogen-bond donors (Lipinski definition) is 1. The highest BCUT2D eigenvalue weighted by atomic mass is 14.8. The first-order valence-electron chi connectivity index (χ1n) is 3.84. The summed E-state index contributed by atoms with van der Waals surface area (Å²) in [6, 6.07) is 1.89. The molecular formula is C10H12N2. The molecule has 0 fully saturated rings. The third-order valence-electron chi connectivity index (χ3n) is 1.72. The first-order valence-corrected chi connectivity index (χ1v) is 3.84. The van der Waals surface area contributed by atoms with Gasteiger partial charge in [-0.2, -0.15) is 0 Å². The molecule has 1 atom stereocenters. The molecule has 0 spiro atoms. The topological polar surface area (TPSA) is 38.9 Å². The minimum atomic E-state index is -0.0307. The minimum Gasteiger partial charge on any atom is -0.323 e. The van der Waals surface area contributed by atoms with Crippen LogP contribution >= 0.6 is 0 Å². The Morgan fingerprint density at radius 2 is 2.33 bits per heavy atom. The van der Waals surface area contributed by atoms with Crippen molar-refractivity contribution in [1.82, 2.24) is 4.98 Å². The van der Waals surface area contributed by atoms with Crippen molar-refractivity contribution in [3.8, 4) is 12.3 Å². The highest BCUT2D eigenvalue weighted by Gasteiger charge is 2.04. The Kier molecular flexibility index (Phi) is 2.47. The van der Waals surface area contributed by atoms with Crippen molar-refractivity contribution in [2.45, 2.75) is 19.9 Å². The van der Waals surface area contributed by atoms with Crippen LogP contribution in [0.1, 0.15) is 29.8 Å². The Bertz CT molecular complexity index is 321. The maximum Gasteiger partial charge on any atom is 0.0598 e. The number of aryl methyl sites for hydroxylation is 1. The molecule has 0 aliphatic heterocycles. The molecule has 12 heavy (non-hydrogen) atoms. The highest BCUT2D eigenvalue weighted by molar-refractivity contribution is 5.35. The summed E-state index contributed by atoms with van der Waals surface area (Å²) < 4.78 is 0. The van der Waals surface area contributed by atoms with Crippen LogP contribution in [-0.2, 0) is 0 Å². The zero-order valence-corrected chi connectivity index (χ0v) is 7.33. The molecule has 1 aromatic heterocycles. The molecule has 1 heterocycles. The van der Waals surface area contributed by atoms with E-state index in [9.17, 15) is 0 Å². The molecule has 1 aromatic rings. The third kappa shape index (κ3) is 1.63. The summed E-state index contributed by atoms with van der Waals surface area (Å²) in [6.45, 7) is 3.87. The van der Waals surface area contributed by atoms with E-state index in [2.05, 4.69) is 10.9 Å². The van der Waals surface area contributed by atoms with E-state index >= 15 is 0 Å². The van der Waals surface area contributed by atoms with Crippen LogP contribution < -0.4 is 5.73 Å². The lowest BCUT2D eigenvalue weighted by molar-refractivity contribution is 0.771. The minimum absolute atomic E-state index is 0.0307. The number of rotatable bonds is 1. The van der Waals surface area contributed by atoms with Crippen molar-refractivity contribution < 1.29 is 0 Å². The van der Waals surface area contributed by atoms with Gasteiger partial charge in [-0.05, 0) is 25.5 Å². The van der Waals surface area contributed by atoms with Crippen molar-refractivity contribution in [2.24, 2.45) is 5.73 Å². The Hall–Kier alpha value is -1.33. The van der Waals surface area contributed by atoms with Gasteiger partial charge < -0.3 is 5.73 Å². The smallest absolute Gasteiger partial charge is 0.0598 e. The van der Waals surface area contributed by atoms with Crippen LogP contribution in [0.4, 0.5) is 0 Å². The first-order chi connectivity index (χ1) is 5.65. The molecule has 62 valence electrons. The summed E-state index contributed by atoms with van der Waals surface area (Å²) in [6.07, 6.45) is 6.90. The maximum absolute atomic E-state index is 5.69. The van der Waals surface area contributed by atoms with Gasteiger partial charge in [0, 0.05) is 17.8 Å². The van der Waals surface area contributed by atoms with Gasteiger partial charge in [0.15, 0.2) is 0 Å². The zero-order valence-electron chi connectivity index (χ0n) is 7.33. The number of terminal acetylenes is 1. The van der Waals surface area contributed by atoms with Crippen LogP contribution in [0.5, 0.6) is 0 Å². The first kappa shape index (κ1) is 8.76. The molecule has 0 saturated carbocycles. The number of pyridine rings is 1. The molecule has 2 N–H and O–H groups in total. The van der Waals surface area contributed by atoms with Crippen molar-refractivity contribution in [3.05, 3.63) is 29.1 Å². The number of nitrogens with zero attached hydrogens (tertiary/aromatic N) is 1. The maximum atomic E-state index is 5.69. The van der Waals surface area contributed by atoms with Gasteiger partial charge in [-0.15, -0.1) is 6.42 Å². The van der Waals surface area contributed by atoms with Gasteiger partial charge in [0.1, 0.15) is 0 Å². The van der Waals surface area contributed by atoms with E-state index < -0.39 is 0 Å². The van der Waals surface area contributed by atoms with E-state index in [1.54, 1.807) is 6.20 Å². The standard InChI is InChI=1S/C10H12N2/c1-4-9-5-7(2)10(8(3)11)12-6-9/h1,5-6,8H,11H2,2-3H3/t8-/m1/s1. The fraction of sp³-hybridized carbons (Fsp3) is 0.300. The van der Waals surface area contributed by atoms with Gasteiger partial charge in [0.05, 0.1) is 5.69 Å². The van der Waals surface area contributed by atoms with Crippen LogP contribution in [0.25, 0.3) is 0 Å². The lowest BCUT2D eigenvalue weighted by Gasteiger charge is -2.07. The summed E-state index contributed by atoms with van der Waals surface area (Å²) >= 11 is 0. The third-order valence-corrected chi connectivity index (χ3v) is 1.72. The molecule has 0 aromatic carbocycles. The predicted molar refractivity (Wildman–Crippen MR) is 49.5 cm³/mol. The zero-order chi connectivity index (χ0) is 9.14. The van der Waals surface area contributed by atoms with E-state index in [0.29, 0.717) is 0 Å². The summed E-state index contributed by atoms with van der Waals surface area (Å²) in [7, 11) is 0. The lowest BCUT2D eigenvalue weighted by Crippen LogP contribution is -2.09. The van der Waals surface area contributed by atoms with Gasteiger partial charge >= 0.3 is 0 Å². The molecule has 0 saturated heterocycles. The van der Waals surface area contributed by atoms with Crippen LogP contribution in [0.15, 0.2) is 12.3 Å². The Labute approximate surface area is 72.8 Å². The second-order valence-corrected chi connectivity index (χ2v) is 2.86. The second-order valence-electron chi connectivity index (χ2n) is 2.86. The quantitative estimate of drug-likeness (QED) is 0.630. The molecule has 0 amide bonds. The van der Waals surface area contributed by atoms with Gasteiger partial charge in [-0.1, -0.05) is 5.92 Å². The van der Waals surface area contributed by atoms with Crippen LogP contribution in [0.3, 0.4) is 0 Å². The average Bonchev–Trinajstić information content (AvgIpc) is 2.03. The molecule has 0 unspecified atom stereocenters. The molecule has 2 heteroatoms. The number of hydrogen-bond acceptors (Lipinski definition) is 2. The van der Waals surface area contributed by atoms with Gasteiger partial charge in [0.25, 0.3) is 0 Å². The lowest BCUT2D eigenvalue weighted by atomic mass is 10.1. The van der Waals surface area contributed by atoms with Crippen molar-refractivity contribution in [2.75, 3.05) is 0 Å². The van der Waals surface area contributed by atoms with Crippen molar-refractivity contribution in [3.63, 3.8) is 0 Å². The summed E-state index contributed by atoms with van der Waals surface area (Å²) in [5.41, 5.74) is 8.46. The summed E-state index contributed by atoms with van der Waals surface area (Å²) in [4.78, 5) is 4.18. The van der Waals surface area contributed by atoms with E-state index in [1.165, 1.54) is 0 Å². The second kappa shape index (κ2) is 3.38. The monoisotopic (exact) mass is 160 g/mol. The molecule has 1 rings (SSSR count). The van der Waals surface area contributed by atoms with Gasteiger partial charge in [-0.25, -0.2) is 0 Å². The van der Waals surface area contributed by atoms with Gasteiger partial charge in [0.2, 0.25) is 0 Å². The normalized spacial score (nSPS) is 12.2. The van der Waals surface area contributed by atoms with Crippen LogP contribution in [-0.4, -0.2) is 4.98 Å². The fourth-order valence-electron chi connectivity index (χ4n) is 1.14. The van der Waals surface area contributed by atoms with Crippen molar-refractivity contribution in [1.29, 1.82) is 0 Å². The predicted octanol–water partition coefficient (Wildman–Crippen LogP) is 1.39.